The van der Waals surface area contributed by atoms with Gasteiger partial charge < -0.3 is 9.64 Å². The number of nitrogens with zero attached hydrogens (tertiary/aromatic N) is 4. The lowest BCUT2D eigenvalue weighted by molar-refractivity contribution is 0.111. The summed E-state index contributed by atoms with van der Waals surface area (Å²) in [6.07, 6.45) is 8.80. The van der Waals surface area contributed by atoms with E-state index in [1.165, 1.54) is 37.9 Å². The van der Waals surface area contributed by atoms with Crippen molar-refractivity contribution in [1.82, 2.24) is 19.8 Å². The number of hydrogen-bond donors (Lipinski definition) is 0. The summed E-state index contributed by atoms with van der Waals surface area (Å²) in [7, 11) is 3.91. The predicted octanol–water partition coefficient (Wildman–Crippen LogP) is 4.68. The molecule has 1 aromatic heterocycles. The average Bonchev–Trinajstić information content (AvgIpc) is 2.85. The van der Waals surface area contributed by atoms with Gasteiger partial charge in [0.25, 0.3) is 0 Å². The van der Waals surface area contributed by atoms with Crippen LogP contribution in [-0.2, 0) is 13.0 Å². The van der Waals surface area contributed by atoms with E-state index in [9.17, 15) is 0 Å². The number of ether oxygens (including phenoxy) is 1. The molecule has 5 nitrogen and oxygen atoms in total. The van der Waals surface area contributed by atoms with Crippen LogP contribution in [-0.4, -0.2) is 59.6 Å². The minimum absolute atomic E-state index is 0.578. The number of likely N-dealkylation sites (tertiary alicyclic amines) is 1. The maximum Gasteiger partial charge on any atom is 0.162 e. The fraction of sp³-hybridized carbons (Fsp3) is 0.407. The molecular weight excluding hydrogens is 396 g/mol. The molecule has 0 amide bonds. The van der Waals surface area contributed by atoms with Crippen LogP contribution < -0.4 is 4.74 Å². The molecule has 0 spiro atoms. The quantitative estimate of drug-likeness (QED) is 0.493. The summed E-state index contributed by atoms with van der Waals surface area (Å²) < 4.78 is 5.44. The lowest BCUT2D eigenvalue weighted by Gasteiger charge is -2.37. The van der Waals surface area contributed by atoms with Crippen molar-refractivity contribution >= 4 is 0 Å². The largest absolute Gasteiger partial charge is 0.496 e. The molecule has 1 aliphatic rings. The highest BCUT2D eigenvalue weighted by Gasteiger charge is 2.23. The Hall–Kier alpha value is -2.76. The first-order valence-corrected chi connectivity index (χ1v) is 11.6. The highest BCUT2D eigenvalue weighted by Crippen LogP contribution is 2.26. The van der Waals surface area contributed by atoms with Gasteiger partial charge in [-0.2, -0.15) is 0 Å². The van der Waals surface area contributed by atoms with Gasteiger partial charge in [0, 0.05) is 37.1 Å². The van der Waals surface area contributed by atoms with E-state index in [4.69, 9.17) is 4.74 Å². The zero-order valence-electron chi connectivity index (χ0n) is 19.3. The Kier molecular flexibility index (Phi) is 7.86. The molecule has 1 saturated heterocycles. The van der Waals surface area contributed by atoms with Crippen LogP contribution in [0.25, 0.3) is 11.4 Å². The third kappa shape index (κ3) is 5.93. The summed E-state index contributed by atoms with van der Waals surface area (Å²) in [6.45, 7) is 4.41. The number of methoxy groups -OCH3 is 1. The molecule has 0 bridgehead atoms. The van der Waals surface area contributed by atoms with E-state index in [0.717, 1.165) is 36.4 Å². The van der Waals surface area contributed by atoms with Crippen LogP contribution in [0.4, 0.5) is 0 Å². The van der Waals surface area contributed by atoms with E-state index in [1.54, 1.807) is 7.11 Å². The summed E-state index contributed by atoms with van der Waals surface area (Å²) in [5.74, 6) is 1.50. The highest BCUT2D eigenvalue weighted by atomic mass is 16.5. The second-order valence-electron chi connectivity index (χ2n) is 8.72. The number of hydrogen-bond acceptors (Lipinski definition) is 5. The van der Waals surface area contributed by atoms with Crippen molar-refractivity contribution in [1.29, 1.82) is 0 Å². The summed E-state index contributed by atoms with van der Waals surface area (Å²) >= 11 is 0. The molecule has 32 heavy (non-hydrogen) atoms. The van der Waals surface area contributed by atoms with Crippen molar-refractivity contribution in [3.63, 3.8) is 0 Å². The Balaban J connectivity index is 1.29. The van der Waals surface area contributed by atoms with Gasteiger partial charge in [-0.3, -0.25) is 4.90 Å². The fourth-order valence-electron chi connectivity index (χ4n) is 4.57. The normalized spacial score (nSPS) is 16.9. The zero-order chi connectivity index (χ0) is 22.2. The van der Waals surface area contributed by atoms with Gasteiger partial charge in [0.2, 0.25) is 0 Å². The van der Waals surface area contributed by atoms with Crippen molar-refractivity contribution < 1.29 is 4.74 Å². The molecule has 0 N–H and O–H groups in total. The smallest absolute Gasteiger partial charge is 0.162 e. The summed E-state index contributed by atoms with van der Waals surface area (Å²) in [5, 5.41) is 0. The first kappa shape index (κ1) is 22.4. The molecule has 1 atom stereocenters. The number of piperidine rings is 1. The minimum Gasteiger partial charge on any atom is -0.496 e. The Labute approximate surface area is 192 Å². The third-order valence-corrected chi connectivity index (χ3v) is 6.37. The zero-order valence-corrected chi connectivity index (χ0v) is 19.3. The molecule has 0 radical (unpaired) electrons. The van der Waals surface area contributed by atoms with Gasteiger partial charge in [-0.05, 0) is 63.5 Å². The van der Waals surface area contributed by atoms with E-state index in [1.807, 2.05) is 36.7 Å². The number of aromatic nitrogens is 2. The van der Waals surface area contributed by atoms with Gasteiger partial charge in [0.15, 0.2) is 5.82 Å². The number of likely N-dealkylation sites (N-methyl/N-ethyl adjacent to an activating group) is 1. The summed E-state index contributed by atoms with van der Waals surface area (Å²) in [4.78, 5) is 14.3. The molecule has 0 aliphatic carbocycles. The van der Waals surface area contributed by atoms with E-state index in [0.29, 0.717) is 11.9 Å². The molecule has 0 saturated carbocycles. The highest BCUT2D eigenvalue weighted by molar-refractivity contribution is 5.63. The summed E-state index contributed by atoms with van der Waals surface area (Å²) in [6, 6.07) is 19.3. The standard InChI is InChI=1S/C27H34N4O/c1-30(20-23-18-28-27(29-19-23)25-14-6-7-15-26(25)32-2)24-13-9-17-31(21-24)16-8-12-22-10-4-3-5-11-22/h3-7,10-11,14-15,18-19,24H,8-9,12-13,16-17,20-21H2,1-2H3. The first-order chi connectivity index (χ1) is 15.7. The van der Waals surface area contributed by atoms with E-state index < -0.39 is 0 Å². The van der Waals surface area contributed by atoms with Gasteiger partial charge in [-0.1, -0.05) is 42.5 Å². The Morgan fingerprint density at radius 1 is 1.00 bits per heavy atom. The molecule has 2 heterocycles. The van der Waals surface area contributed by atoms with Crippen LogP contribution in [0.15, 0.2) is 67.0 Å². The molecule has 168 valence electrons. The second-order valence-corrected chi connectivity index (χ2v) is 8.72. The van der Waals surface area contributed by atoms with Crippen LogP contribution in [0.5, 0.6) is 5.75 Å². The second kappa shape index (κ2) is 11.2. The van der Waals surface area contributed by atoms with Gasteiger partial charge in [0.05, 0.1) is 12.7 Å². The van der Waals surface area contributed by atoms with Crippen molar-refractivity contribution in [3.05, 3.63) is 78.1 Å². The average molecular weight is 431 g/mol. The van der Waals surface area contributed by atoms with Crippen LogP contribution in [0, 0.1) is 0 Å². The Morgan fingerprint density at radius 2 is 1.75 bits per heavy atom. The van der Waals surface area contributed by atoms with E-state index in [-0.39, 0.29) is 0 Å². The van der Waals surface area contributed by atoms with E-state index in [2.05, 4.69) is 57.1 Å². The molecule has 3 aromatic rings. The van der Waals surface area contributed by atoms with Gasteiger partial charge in [0.1, 0.15) is 5.75 Å². The summed E-state index contributed by atoms with van der Waals surface area (Å²) in [5.41, 5.74) is 3.51. The number of rotatable bonds is 9. The molecule has 4 rings (SSSR count). The molecule has 1 unspecified atom stereocenters. The molecular formula is C27H34N4O. The number of benzene rings is 2. The van der Waals surface area contributed by atoms with Crippen LogP contribution in [0.2, 0.25) is 0 Å². The maximum atomic E-state index is 5.44. The lowest BCUT2D eigenvalue weighted by Crippen LogP contribution is -2.46. The van der Waals surface area contributed by atoms with Crippen LogP contribution in [0.3, 0.4) is 0 Å². The van der Waals surface area contributed by atoms with Crippen molar-refractivity contribution in [2.24, 2.45) is 0 Å². The predicted molar refractivity (Wildman–Crippen MR) is 130 cm³/mol. The SMILES string of the molecule is COc1ccccc1-c1ncc(CN(C)C2CCCN(CCCc3ccccc3)C2)cn1. The van der Waals surface area contributed by atoms with Crippen LogP contribution in [0.1, 0.15) is 30.4 Å². The van der Waals surface area contributed by atoms with Crippen molar-refractivity contribution in [2.45, 2.75) is 38.3 Å². The first-order valence-electron chi connectivity index (χ1n) is 11.6. The maximum absolute atomic E-state index is 5.44. The molecule has 1 aliphatic heterocycles. The van der Waals surface area contributed by atoms with Crippen LogP contribution >= 0.6 is 0 Å². The van der Waals surface area contributed by atoms with Gasteiger partial charge in [-0.15, -0.1) is 0 Å². The monoisotopic (exact) mass is 430 g/mol. The fourth-order valence-corrected chi connectivity index (χ4v) is 4.57. The number of para-hydroxylation sites is 1. The van der Waals surface area contributed by atoms with Gasteiger partial charge in [-0.25, -0.2) is 9.97 Å². The Bertz CT molecular complexity index is 961. The topological polar surface area (TPSA) is 41.5 Å². The Morgan fingerprint density at radius 3 is 2.53 bits per heavy atom. The minimum atomic E-state index is 0.578. The van der Waals surface area contributed by atoms with Gasteiger partial charge >= 0.3 is 0 Å². The number of aryl methyl sites for hydroxylation is 1. The third-order valence-electron chi connectivity index (χ3n) is 6.37. The van der Waals surface area contributed by atoms with E-state index >= 15 is 0 Å². The molecule has 2 aromatic carbocycles. The molecule has 1 fully saturated rings. The van der Waals surface area contributed by atoms with Crippen molar-refractivity contribution in [2.75, 3.05) is 33.8 Å². The lowest BCUT2D eigenvalue weighted by atomic mass is 10.0. The molecule has 5 heteroatoms. The van der Waals surface area contributed by atoms with Crippen molar-refractivity contribution in [3.8, 4) is 17.1 Å².